The Morgan fingerprint density at radius 1 is 0.431 bits per heavy atom. The Kier molecular flexibility index (Phi) is 7.78. The Hall–Kier alpha value is -8.47. The molecule has 14 rings (SSSR count). The number of furan rings is 1. The molecular formula is C61H37N3O. The number of rotatable bonds is 4. The van der Waals surface area contributed by atoms with Gasteiger partial charge in [-0.05, 0) is 81.1 Å². The van der Waals surface area contributed by atoms with Gasteiger partial charge in [0.25, 0.3) is 0 Å². The summed E-state index contributed by atoms with van der Waals surface area (Å²) in [5.41, 5.74) is 14.7. The van der Waals surface area contributed by atoms with E-state index in [0.717, 1.165) is 106 Å². The van der Waals surface area contributed by atoms with Gasteiger partial charge in [-0.3, -0.25) is 0 Å². The average Bonchev–Trinajstić information content (AvgIpc) is 3.77. The predicted octanol–water partition coefficient (Wildman–Crippen LogP) is 16.0. The molecule has 0 saturated carbocycles. The number of nitrogens with zero attached hydrogens (tertiary/aromatic N) is 3. The van der Waals surface area contributed by atoms with Gasteiger partial charge < -0.3 is 4.42 Å². The van der Waals surface area contributed by atoms with Gasteiger partial charge in [0.1, 0.15) is 11.2 Å². The van der Waals surface area contributed by atoms with Crippen LogP contribution >= 0.6 is 0 Å². The summed E-state index contributed by atoms with van der Waals surface area (Å²) in [6.07, 6.45) is 5.68. The lowest BCUT2D eigenvalue weighted by atomic mass is 9.80. The first-order chi connectivity index (χ1) is 32.2. The fourth-order valence-electron chi connectivity index (χ4n) is 10.6. The maximum absolute atomic E-state index is 6.58. The summed E-state index contributed by atoms with van der Waals surface area (Å²) < 4.78 is 6.58. The van der Waals surface area contributed by atoms with Gasteiger partial charge in [-0.1, -0.05) is 170 Å². The lowest BCUT2D eigenvalue weighted by molar-refractivity contribution is 0.673. The second-order valence-corrected chi connectivity index (χ2v) is 17.4. The number of hydrogen-bond acceptors (Lipinski definition) is 4. The van der Waals surface area contributed by atoms with Crippen LogP contribution in [-0.4, -0.2) is 15.0 Å². The summed E-state index contributed by atoms with van der Waals surface area (Å²) >= 11 is 0. The van der Waals surface area contributed by atoms with Gasteiger partial charge in [-0.2, -0.15) is 0 Å². The molecule has 4 heterocycles. The number of fused-ring (bicyclic) bond motifs is 16. The molecule has 0 amide bonds. The minimum atomic E-state index is 0.237. The smallest absolute Gasteiger partial charge is 0.144 e. The van der Waals surface area contributed by atoms with E-state index in [9.17, 15) is 0 Å². The summed E-state index contributed by atoms with van der Waals surface area (Å²) in [5, 5.41) is 12.8. The number of aromatic nitrogens is 3. The Morgan fingerprint density at radius 3 is 1.86 bits per heavy atom. The molecule has 0 N–H and O–H groups in total. The van der Waals surface area contributed by atoms with Crippen LogP contribution in [-0.2, 0) is 6.42 Å². The molecule has 4 nitrogen and oxygen atoms in total. The number of hydrogen-bond donors (Lipinski definition) is 0. The Labute approximate surface area is 373 Å². The summed E-state index contributed by atoms with van der Waals surface area (Å²) in [7, 11) is 0. The molecule has 0 radical (unpaired) electrons. The first-order valence-electron chi connectivity index (χ1n) is 22.4. The molecule has 1 aliphatic rings. The molecule has 0 fully saturated rings. The Morgan fingerprint density at radius 2 is 1.06 bits per heavy atom. The van der Waals surface area contributed by atoms with Gasteiger partial charge >= 0.3 is 0 Å². The van der Waals surface area contributed by atoms with Gasteiger partial charge in [0, 0.05) is 60.3 Å². The van der Waals surface area contributed by atoms with Crippen molar-refractivity contribution in [1.29, 1.82) is 0 Å². The zero-order chi connectivity index (χ0) is 42.6. The number of benzene rings is 9. The molecule has 1 aliphatic carbocycles. The van der Waals surface area contributed by atoms with E-state index in [1.807, 2.05) is 12.1 Å². The predicted molar refractivity (Wildman–Crippen MR) is 270 cm³/mol. The molecular weight excluding hydrogens is 791 g/mol. The number of para-hydroxylation sites is 2. The largest absolute Gasteiger partial charge is 0.455 e. The van der Waals surface area contributed by atoms with E-state index < -0.39 is 0 Å². The quantitative estimate of drug-likeness (QED) is 0.166. The topological polar surface area (TPSA) is 51.8 Å². The molecule has 0 spiro atoms. The van der Waals surface area contributed by atoms with E-state index in [0.29, 0.717) is 0 Å². The van der Waals surface area contributed by atoms with Gasteiger partial charge in [-0.25, -0.2) is 15.0 Å². The molecule has 4 heteroatoms. The third-order valence-corrected chi connectivity index (χ3v) is 13.8. The van der Waals surface area contributed by atoms with Crippen molar-refractivity contribution in [2.24, 2.45) is 0 Å². The van der Waals surface area contributed by atoms with Crippen LogP contribution in [0.25, 0.3) is 127 Å². The van der Waals surface area contributed by atoms with Crippen LogP contribution in [0.1, 0.15) is 22.6 Å². The third-order valence-electron chi connectivity index (χ3n) is 13.8. The summed E-state index contributed by atoms with van der Waals surface area (Å²) in [6, 6.07) is 69.2. The van der Waals surface area contributed by atoms with Gasteiger partial charge in [0.15, 0.2) is 0 Å². The first-order valence-corrected chi connectivity index (χ1v) is 22.4. The van der Waals surface area contributed by atoms with Crippen molar-refractivity contribution in [3.05, 3.63) is 217 Å². The van der Waals surface area contributed by atoms with Crippen molar-refractivity contribution in [2.45, 2.75) is 12.3 Å². The summed E-state index contributed by atoms with van der Waals surface area (Å²) in [4.78, 5) is 15.7. The minimum Gasteiger partial charge on any atom is -0.455 e. The van der Waals surface area contributed by atoms with Gasteiger partial charge in [0.05, 0.1) is 33.6 Å². The maximum Gasteiger partial charge on any atom is 0.144 e. The second kappa shape index (κ2) is 14.0. The molecule has 65 heavy (non-hydrogen) atoms. The molecule has 13 aromatic rings. The molecule has 1 atom stereocenters. The minimum absolute atomic E-state index is 0.237. The molecule has 0 saturated heterocycles. The van der Waals surface area contributed by atoms with Crippen LogP contribution in [0.5, 0.6) is 0 Å². The fraction of sp³-hybridized carbons (Fsp3) is 0.0328. The van der Waals surface area contributed by atoms with E-state index in [2.05, 4.69) is 194 Å². The van der Waals surface area contributed by atoms with Crippen LogP contribution in [0, 0.1) is 0 Å². The van der Waals surface area contributed by atoms with E-state index in [4.69, 9.17) is 19.4 Å². The molecule has 4 aromatic heterocycles. The van der Waals surface area contributed by atoms with Gasteiger partial charge in [0.2, 0.25) is 0 Å². The highest BCUT2D eigenvalue weighted by Gasteiger charge is 2.23. The second-order valence-electron chi connectivity index (χ2n) is 17.4. The highest BCUT2D eigenvalue weighted by atomic mass is 16.3. The average molecular weight is 828 g/mol. The lowest BCUT2D eigenvalue weighted by Crippen LogP contribution is -2.07. The first kappa shape index (κ1) is 36.1. The van der Waals surface area contributed by atoms with Crippen molar-refractivity contribution in [1.82, 2.24) is 15.0 Å². The SMILES string of the molecule is C1=CC(c2ccc(-c3nc4ccccc4c4c3ccc3c5ccccc5oc34)cc2)Cc2c1c1ccc(-c3ccc4ccc5ccc(-c6ccccc6)nc5c4n3)cc1c1ccccc21. The van der Waals surface area contributed by atoms with E-state index in [-0.39, 0.29) is 5.92 Å². The van der Waals surface area contributed by atoms with Crippen LogP contribution in [0.4, 0.5) is 0 Å². The molecule has 1 unspecified atom stereocenters. The number of allylic oxidation sites excluding steroid dienone is 1. The van der Waals surface area contributed by atoms with Crippen LogP contribution in [0.2, 0.25) is 0 Å². The fourth-order valence-corrected chi connectivity index (χ4v) is 10.6. The summed E-state index contributed by atoms with van der Waals surface area (Å²) in [5.74, 6) is 0.237. The van der Waals surface area contributed by atoms with Crippen LogP contribution in [0.3, 0.4) is 0 Å². The molecule has 302 valence electrons. The van der Waals surface area contributed by atoms with Crippen molar-refractivity contribution in [2.75, 3.05) is 0 Å². The summed E-state index contributed by atoms with van der Waals surface area (Å²) in [6.45, 7) is 0. The number of pyridine rings is 3. The van der Waals surface area contributed by atoms with E-state index in [1.54, 1.807) is 0 Å². The zero-order valence-electron chi connectivity index (χ0n) is 35.2. The van der Waals surface area contributed by atoms with Crippen LogP contribution < -0.4 is 0 Å². The third kappa shape index (κ3) is 5.60. The molecule has 0 aliphatic heterocycles. The molecule has 0 bridgehead atoms. The molecule has 9 aromatic carbocycles. The highest BCUT2D eigenvalue weighted by molar-refractivity contribution is 6.24. The monoisotopic (exact) mass is 827 g/mol. The standard InChI is InChI=1S/C61H37N3O/c1-2-10-37(11-3-1)53-32-26-39-22-23-40-27-33-54(63-60(40)59(39)62-53)42-25-29-46-45-28-24-41(34-51(45)43-12-4-5-13-44(43)52(46)35-42)36-18-20-38(21-19-36)58-50-31-30-48-47-14-7-9-17-56(47)65-61(48)57(50)49-15-6-8-16-55(49)64-58/h1-33,35,41H,34H2. The zero-order valence-corrected chi connectivity index (χ0v) is 35.2. The highest BCUT2D eigenvalue weighted by Crippen LogP contribution is 2.44. The van der Waals surface area contributed by atoms with Crippen molar-refractivity contribution in [3.8, 4) is 33.8 Å². The normalized spacial score (nSPS) is 13.9. The van der Waals surface area contributed by atoms with Crippen molar-refractivity contribution < 1.29 is 4.42 Å². The van der Waals surface area contributed by atoms with E-state index in [1.165, 1.54) is 38.2 Å². The Balaban J connectivity index is 0.834. The van der Waals surface area contributed by atoms with Crippen molar-refractivity contribution >= 4 is 93.0 Å². The van der Waals surface area contributed by atoms with Crippen molar-refractivity contribution in [3.63, 3.8) is 0 Å². The lowest BCUT2D eigenvalue weighted by Gasteiger charge is -2.24. The Bertz CT molecular complexity index is 4150. The van der Waals surface area contributed by atoms with Gasteiger partial charge in [-0.15, -0.1) is 0 Å². The maximum atomic E-state index is 6.58. The van der Waals surface area contributed by atoms with Crippen LogP contribution in [0.15, 0.2) is 205 Å². The van der Waals surface area contributed by atoms with E-state index >= 15 is 0 Å².